The molecule has 1 aliphatic carbocycles. The molecule has 2 aromatic rings. The Morgan fingerprint density at radius 2 is 2.23 bits per heavy atom. The predicted octanol–water partition coefficient (Wildman–Crippen LogP) is 2.82. The summed E-state index contributed by atoms with van der Waals surface area (Å²) in [6.07, 6.45) is 3.22. The maximum absolute atomic E-state index is 12.3. The largest absolute Gasteiger partial charge is 0.379 e. The van der Waals surface area contributed by atoms with Gasteiger partial charge in [0.15, 0.2) is 5.17 Å². The first-order chi connectivity index (χ1) is 10.3. The van der Waals surface area contributed by atoms with E-state index in [1.165, 1.54) is 22.2 Å². The maximum atomic E-state index is 12.3. The fraction of sp³-hybridized carbons (Fsp3) is 0.533. The van der Waals surface area contributed by atoms with E-state index in [0.717, 1.165) is 29.5 Å². The van der Waals surface area contributed by atoms with Crippen molar-refractivity contribution in [2.24, 2.45) is 10.7 Å². The molecule has 0 unspecified atom stereocenters. The number of nitrogens with two attached hydrogens (primary N) is 1. The molecule has 0 aromatic carbocycles. The van der Waals surface area contributed by atoms with Crippen LogP contribution in [-0.4, -0.2) is 20.7 Å². The molecule has 118 valence electrons. The van der Waals surface area contributed by atoms with Gasteiger partial charge < -0.3 is 10.7 Å². The zero-order valence-corrected chi connectivity index (χ0v) is 14.7. The van der Waals surface area contributed by atoms with E-state index in [1.807, 2.05) is 20.8 Å². The van der Waals surface area contributed by atoms with Crippen LogP contribution in [0.15, 0.2) is 9.79 Å². The minimum atomic E-state index is -0.198. The van der Waals surface area contributed by atoms with E-state index in [-0.39, 0.29) is 11.1 Å². The molecule has 1 aliphatic rings. The standard InChI is InChI=1S/C15H20N4OS2/c1-15(2,3)19-14(16)21-7-10-17-12(20)11-8-5-4-6-9(8)22-13(11)18-10/h4-7H2,1-3H3,(H2,16,19)(H,17,18,20). The van der Waals surface area contributed by atoms with Crippen LogP contribution in [0.3, 0.4) is 0 Å². The van der Waals surface area contributed by atoms with Crippen molar-refractivity contribution in [1.82, 2.24) is 9.97 Å². The van der Waals surface area contributed by atoms with Crippen molar-refractivity contribution in [1.29, 1.82) is 0 Å². The summed E-state index contributed by atoms with van der Waals surface area (Å²) in [6.45, 7) is 6.00. The van der Waals surface area contributed by atoms with Crippen LogP contribution >= 0.6 is 23.1 Å². The highest BCUT2D eigenvalue weighted by Gasteiger charge is 2.21. The number of rotatable bonds is 2. The molecule has 0 saturated heterocycles. The van der Waals surface area contributed by atoms with Crippen molar-refractivity contribution in [3.05, 3.63) is 26.6 Å². The lowest BCUT2D eigenvalue weighted by Crippen LogP contribution is -2.18. The third-order valence-corrected chi connectivity index (χ3v) is 5.42. The average Bonchev–Trinajstić information content (AvgIpc) is 2.93. The van der Waals surface area contributed by atoms with Gasteiger partial charge in [-0.05, 0) is 45.6 Å². The Bertz CT molecular complexity index is 798. The Hall–Kier alpha value is -1.34. The average molecular weight is 336 g/mol. The number of aliphatic imine (C=N–C) groups is 1. The number of thioether (sulfide) groups is 1. The van der Waals surface area contributed by atoms with Gasteiger partial charge in [0.25, 0.3) is 5.56 Å². The van der Waals surface area contributed by atoms with Crippen LogP contribution in [0.5, 0.6) is 0 Å². The van der Waals surface area contributed by atoms with Gasteiger partial charge >= 0.3 is 0 Å². The molecule has 0 saturated carbocycles. The van der Waals surface area contributed by atoms with Crippen LogP contribution in [0.2, 0.25) is 0 Å². The van der Waals surface area contributed by atoms with Crippen molar-refractivity contribution in [2.75, 3.05) is 0 Å². The van der Waals surface area contributed by atoms with Crippen molar-refractivity contribution >= 4 is 38.5 Å². The van der Waals surface area contributed by atoms with Crippen LogP contribution in [0.4, 0.5) is 0 Å². The lowest BCUT2D eigenvalue weighted by atomic mass is 10.1. The Morgan fingerprint density at radius 1 is 1.45 bits per heavy atom. The first kappa shape index (κ1) is 15.6. The van der Waals surface area contributed by atoms with Gasteiger partial charge in [0.2, 0.25) is 0 Å². The molecule has 0 bridgehead atoms. The van der Waals surface area contributed by atoms with Gasteiger partial charge in [-0.2, -0.15) is 0 Å². The number of aryl methyl sites for hydroxylation is 2. The smallest absolute Gasteiger partial charge is 0.259 e. The summed E-state index contributed by atoms with van der Waals surface area (Å²) in [7, 11) is 0. The lowest BCUT2D eigenvalue weighted by molar-refractivity contribution is 0.585. The molecule has 0 fully saturated rings. The Balaban J connectivity index is 1.84. The quantitative estimate of drug-likeness (QED) is 0.652. The Labute approximate surface area is 137 Å². The number of hydrogen-bond acceptors (Lipinski definition) is 5. The molecule has 2 heterocycles. The summed E-state index contributed by atoms with van der Waals surface area (Å²) < 4.78 is 0. The highest BCUT2D eigenvalue weighted by atomic mass is 32.2. The molecule has 5 nitrogen and oxygen atoms in total. The van der Waals surface area contributed by atoms with E-state index in [2.05, 4.69) is 15.0 Å². The number of thiophene rings is 1. The Morgan fingerprint density at radius 3 is 2.95 bits per heavy atom. The van der Waals surface area contributed by atoms with E-state index in [4.69, 9.17) is 5.73 Å². The SMILES string of the molecule is CC(C)(C)N=C(N)SCc1nc2sc3c(c2c(=O)[nH]1)CCC3. The third-order valence-electron chi connectivity index (χ3n) is 3.43. The minimum absolute atomic E-state index is 0.0219. The van der Waals surface area contributed by atoms with Crippen LogP contribution < -0.4 is 11.3 Å². The summed E-state index contributed by atoms with van der Waals surface area (Å²) >= 11 is 3.06. The van der Waals surface area contributed by atoms with Gasteiger partial charge in [-0.3, -0.25) is 9.79 Å². The second kappa shape index (κ2) is 5.70. The van der Waals surface area contributed by atoms with Gasteiger partial charge in [-0.25, -0.2) is 4.98 Å². The van der Waals surface area contributed by atoms with E-state index >= 15 is 0 Å². The van der Waals surface area contributed by atoms with Gasteiger partial charge in [0.1, 0.15) is 10.7 Å². The fourth-order valence-electron chi connectivity index (χ4n) is 2.62. The summed E-state index contributed by atoms with van der Waals surface area (Å²) in [6, 6.07) is 0. The van der Waals surface area contributed by atoms with E-state index in [9.17, 15) is 4.79 Å². The van der Waals surface area contributed by atoms with Crippen LogP contribution in [0, 0.1) is 0 Å². The van der Waals surface area contributed by atoms with Crippen molar-refractivity contribution in [3.8, 4) is 0 Å². The van der Waals surface area contributed by atoms with Crippen molar-refractivity contribution in [3.63, 3.8) is 0 Å². The molecule has 0 amide bonds. The van der Waals surface area contributed by atoms with Crippen LogP contribution in [0.25, 0.3) is 10.2 Å². The van der Waals surface area contributed by atoms with Crippen LogP contribution in [-0.2, 0) is 18.6 Å². The number of aromatic nitrogens is 2. The molecule has 0 aliphatic heterocycles. The number of amidine groups is 1. The van der Waals surface area contributed by atoms with Gasteiger partial charge in [-0.15, -0.1) is 11.3 Å². The zero-order chi connectivity index (χ0) is 15.9. The van der Waals surface area contributed by atoms with E-state index in [1.54, 1.807) is 11.3 Å². The normalized spacial score (nSPS) is 15.5. The topological polar surface area (TPSA) is 84.1 Å². The second-order valence-corrected chi connectivity index (χ2v) is 8.54. The summed E-state index contributed by atoms with van der Waals surface area (Å²) in [5.41, 5.74) is 6.90. The number of nitrogens with zero attached hydrogens (tertiary/aromatic N) is 2. The number of H-pyrrole nitrogens is 1. The van der Waals surface area contributed by atoms with Gasteiger partial charge in [0.05, 0.1) is 16.7 Å². The molecule has 3 rings (SSSR count). The second-order valence-electron chi connectivity index (χ2n) is 6.46. The fourth-order valence-corrected chi connectivity index (χ4v) is 4.66. The highest BCUT2D eigenvalue weighted by molar-refractivity contribution is 8.13. The van der Waals surface area contributed by atoms with Crippen molar-refractivity contribution in [2.45, 2.75) is 51.3 Å². The zero-order valence-electron chi connectivity index (χ0n) is 13.0. The Kier molecular flexibility index (Phi) is 4.03. The van der Waals surface area contributed by atoms with E-state index < -0.39 is 0 Å². The number of fused-ring (bicyclic) bond motifs is 3. The van der Waals surface area contributed by atoms with Crippen LogP contribution in [0.1, 0.15) is 43.5 Å². The molecule has 0 atom stereocenters. The first-order valence-corrected chi connectivity index (χ1v) is 9.15. The van der Waals surface area contributed by atoms with E-state index in [0.29, 0.717) is 16.7 Å². The molecular weight excluding hydrogens is 316 g/mol. The molecule has 7 heteroatoms. The molecule has 0 spiro atoms. The summed E-state index contributed by atoms with van der Waals surface area (Å²) in [5, 5.41) is 1.31. The number of aromatic amines is 1. The number of nitrogens with one attached hydrogen (secondary N) is 1. The lowest BCUT2D eigenvalue weighted by Gasteiger charge is -2.12. The molecule has 2 aromatic heterocycles. The molecule has 3 N–H and O–H groups in total. The maximum Gasteiger partial charge on any atom is 0.259 e. The summed E-state index contributed by atoms with van der Waals surface area (Å²) in [5.74, 6) is 1.19. The minimum Gasteiger partial charge on any atom is -0.379 e. The monoisotopic (exact) mass is 336 g/mol. The molecule has 0 radical (unpaired) electrons. The molecule has 22 heavy (non-hydrogen) atoms. The van der Waals surface area contributed by atoms with Crippen molar-refractivity contribution < 1.29 is 0 Å². The van der Waals surface area contributed by atoms with Gasteiger partial charge in [-0.1, -0.05) is 11.8 Å². The van der Waals surface area contributed by atoms with Gasteiger partial charge in [0, 0.05) is 4.88 Å². The summed E-state index contributed by atoms with van der Waals surface area (Å²) in [4.78, 5) is 26.4. The highest BCUT2D eigenvalue weighted by Crippen LogP contribution is 2.34. The predicted molar refractivity (Wildman–Crippen MR) is 94.9 cm³/mol. The number of hydrogen-bond donors (Lipinski definition) is 2. The first-order valence-electron chi connectivity index (χ1n) is 7.35. The molecular formula is C15H20N4OS2. The third kappa shape index (κ3) is 3.20.